The van der Waals surface area contributed by atoms with Crippen LogP contribution in [0.4, 0.5) is 24.5 Å². The van der Waals surface area contributed by atoms with E-state index in [2.05, 4.69) is 20.5 Å². The van der Waals surface area contributed by atoms with Gasteiger partial charge in [0, 0.05) is 86.9 Å². The van der Waals surface area contributed by atoms with Crippen LogP contribution < -0.4 is 15.5 Å². The fraction of sp³-hybridized carbons (Fsp3) is 0.325. The number of nitrogens with zero attached hydrogens (tertiary/aromatic N) is 4. The molecule has 4 aromatic rings. The first-order valence-electron chi connectivity index (χ1n) is 17.7. The second kappa shape index (κ2) is 16.3. The smallest absolute Gasteiger partial charge is 0.372 e. The summed E-state index contributed by atoms with van der Waals surface area (Å²) in [6.07, 6.45) is 0.885. The zero-order chi connectivity index (χ0) is 37.5. The average molecular weight is 727 g/mol. The van der Waals surface area contributed by atoms with Gasteiger partial charge in [0.1, 0.15) is 0 Å². The largest absolute Gasteiger partial charge is 0.416 e. The van der Waals surface area contributed by atoms with Crippen LogP contribution in [-0.2, 0) is 17.5 Å². The first kappa shape index (κ1) is 37.1. The molecule has 0 spiro atoms. The minimum atomic E-state index is -4.50. The summed E-state index contributed by atoms with van der Waals surface area (Å²) in [5.74, 6) is -1.19. The molecular weight excluding hydrogens is 685 g/mol. The second-order valence-electron chi connectivity index (χ2n) is 13.3. The van der Waals surface area contributed by atoms with E-state index >= 15 is 0 Å². The van der Waals surface area contributed by atoms with Crippen LogP contribution in [0.25, 0.3) is 11.3 Å². The lowest BCUT2D eigenvalue weighted by Crippen LogP contribution is -2.36. The van der Waals surface area contributed by atoms with Crippen molar-refractivity contribution in [3.8, 4) is 11.3 Å². The first-order chi connectivity index (χ1) is 25.5. The van der Waals surface area contributed by atoms with Gasteiger partial charge in [0.05, 0.1) is 16.9 Å². The fourth-order valence-electron chi connectivity index (χ4n) is 6.67. The van der Waals surface area contributed by atoms with Gasteiger partial charge < -0.3 is 25.3 Å². The van der Waals surface area contributed by atoms with Gasteiger partial charge in [-0.3, -0.25) is 24.2 Å². The van der Waals surface area contributed by atoms with E-state index in [0.717, 1.165) is 50.2 Å². The molecule has 4 amide bonds. The fourth-order valence-corrected chi connectivity index (χ4v) is 6.67. The van der Waals surface area contributed by atoms with E-state index < -0.39 is 23.6 Å². The van der Waals surface area contributed by atoms with Crippen molar-refractivity contribution in [1.82, 2.24) is 20.1 Å². The molecule has 2 aliphatic heterocycles. The summed E-state index contributed by atoms with van der Waals surface area (Å²) >= 11 is 0. The van der Waals surface area contributed by atoms with Gasteiger partial charge in [0.25, 0.3) is 17.7 Å². The Morgan fingerprint density at radius 3 is 2.21 bits per heavy atom. The summed E-state index contributed by atoms with van der Waals surface area (Å²) in [6.45, 7) is 5.10. The molecule has 2 N–H and O–H groups in total. The zero-order valence-electron chi connectivity index (χ0n) is 29.4. The predicted octanol–water partition coefficient (Wildman–Crippen LogP) is 6.63. The predicted molar refractivity (Wildman–Crippen MR) is 196 cm³/mol. The van der Waals surface area contributed by atoms with Crippen molar-refractivity contribution in [3.05, 3.63) is 113 Å². The summed E-state index contributed by atoms with van der Waals surface area (Å²) in [7, 11) is 0. The van der Waals surface area contributed by atoms with Gasteiger partial charge >= 0.3 is 6.18 Å². The molecule has 6 rings (SSSR count). The molecular formula is C40H41F3N6O4. The van der Waals surface area contributed by atoms with Gasteiger partial charge in [-0.15, -0.1) is 0 Å². The number of piperidine rings is 1. The van der Waals surface area contributed by atoms with E-state index in [1.165, 1.54) is 31.3 Å². The maximum absolute atomic E-state index is 13.7. The number of pyridine rings is 1. The summed E-state index contributed by atoms with van der Waals surface area (Å²) < 4.78 is 39.6. The number of hydrogen-bond acceptors (Lipinski definition) is 6. The van der Waals surface area contributed by atoms with Crippen molar-refractivity contribution in [3.63, 3.8) is 0 Å². The number of carbonyl (C=O) groups is 4. The number of hydrogen-bond donors (Lipinski definition) is 2. The number of nitrogens with one attached hydrogen (secondary N) is 2. The van der Waals surface area contributed by atoms with Gasteiger partial charge in [-0.05, 0) is 91.9 Å². The van der Waals surface area contributed by atoms with Crippen molar-refractivity contribution in [2.75, 3.05) is 49.5 Å². The van der Waals surface area contributed by atoms with Crippen molar-refractivity contribution in [2.45, 2.75) is 45.3 Å². The van der Waals surface area contributed by atoms with Crippen molar-refractivity contribution in [2.24, 2.45) is 0 Å². The van der Waals surface area contributed by atoms with Crippen LogP contribution in [0.2, 0.25) is 0 Å². The van der Waals surface area contributed by atoms with Crippen LogP contribution in [0.5, 0.6) is 0 Å². The maximum atomic E-state index is 13.7. The molecule has 13 heteroatoms. The van der Waals surface area contributed by atoms with E-state index in [4.69, 9.17) is 0 Å². The minimum Gasteiger partial charge on any atom is -0.372 e. The molecule has 0 unspecified atom stereocenters. The third-order valence-electron chi connectivity index (χ3n) is 9.58. The number of rotatable bonds is 8. The molecule has 53 heavy (non-hydrogen) atoms. The van der Waals surface area contributed by atoms with Crippen molar-refractivity contribution in [1.29, 1.82) is 0 Å². The summed E-state index contributed by atoms with van der Waals surface area (Å²) in [5, 5.41) is 5.68. The van der Waals surface area contributed by atoms with E-state index in [1.54, 1.807) is 46.2 Å². The normalized spacial score (nSPS) is 15.1. The van der Waals surface area contributed by atoms with Gasteiger partial charge in [-0.2, -0.15) is 13.2 Å². The van der Waals surface area contributed by atoms with Gasteiger partial charge in [0.2, 0.25) is 5.91 Å². The third kappa shape index (κ3) is 9.21. The molecule has 2 fully saturated rings. The summed E-state index contributed by atoms with van der Waals surface area (Å²) in [6, 6.07) is 20.1. The second-order valence-corrected chi connectivity index (χ2v) is 13.3. The minimum absolute atomic E-state index is 0.0273. The SMILES string of the molecule is CC(=O)N1CCCN(C(=O)c2cccc(C(=O)Nc3ccc(N4CCCCC4)cc3-c3cc(C(=O)NCc4cccc(C(F)(F)F)c4)ccn3)c2)CC1. The van der Waals surface area contributed by atoms with Gasteiger partial charge in [0.15, 0.2) is 0 Å². The number of aromatic nitrogens is 1. The molecule has 0 saturated carbocycles. The van der Waals surface area contributed by atoms with Crippen molar-refractivity contribution >= 4 is 35.0 Å². The Kier molecular flexibility index (Phi) is 11.4. The van der Waals surface area contributed by atoms with Gasteiger partial charge in [-0.25, -0.2) is 0 Å². The lowest BCUT2D eigenvalue weighted by molar-refractivity contribution is -0.137. The Balaban J connectivity index is 1.23. The third-order valence-corrected chi connectivity index (χ3v) is 9.58. The zero-order valence-corrected chi connectivity index (χ0v) is 29.4. The highest BCUT2D eigenvalue weighted by atomic mass is 19.4. The molecule has 0 radical (unpaired) electrons. The first-order valence-corrected chi connectivity index (χ1v) is 17.7. The lowest BCUT2D eigenvalue weighted by atomic mass is 10.0. The van der Waals surface area contributed by atoms with Crippen LogP contribution in [-0.4, -0.2) is 77.7 Å². The lowest BCUT2D eigenvalue weighted by Gasteiger charge is -2.29. The van der Waals surface area contributed by atoms with E-state index in [9.17, 15) is 32.3 Å². The average Bonchev–Trinajstić information content (AvgIpc) is 3.44. The van der Waals surface area contributed by atoms with Crippen LogP contribution >= 0.6 is 0 Å². The molecule has 3 aromatic carbocycles. The van der Waals surface area contributed by atoms with Gasteiger partial charge in [-0.1, -0.05) is 18.2 Å². The number of benzene rings is 3. The maximum Gasteiger partial charge on any atom is 0.416 e. The van der Waals surface area contributed by atoms with E-state index in [0.29, 0.717) is 60.7 Å². The highest BCUT2D eigenvalue weighted by Gasteiger charge is 2.30. The van der Waals surface area contributed by atoms with Crippen LogP contribution in [0.15, 0.2) is 85.1 Å². The monoisotopic (exact) mass is 726 g/mol. The number of carbonyl (C=O) groups excluding carboxylic acids is 4. The van der Waals surface area contributed by atoms with Crippen LogP contribution in [0.3, 0.4) is 0 Å². The number of anilines is 2. The number of alkyl halides is 3. The summed E-state index contributed by atoms with van der Waals surface area (Å²) in [5.41, 5.74) is 2.75. The number of halogens is 3. The molecule has 0 bridgehead atoms. The molecule has 10 nitrogen and oxygen atoms in total. The molecule has 2 aliphatic rings. The van der Waals surface area contributed by atoms with Crippen LogP contribution in [0.1, 0.15) is 74.8 Å². The van der Waals surface area contributed by atoms with Crippen LogP contribution in [0, 0.1) is 0 Å². The molecule has 3 heterocycles. The Morgan fingerprint density at radius 1 is 0.717 bits per heavy atom. The highest BCUT2D eigenvalue weighted by molar-refractivity contribution is 6.08. The Bertz CT molecular complexity index is 2000. The summed E-state index contributed by atoms with van der Waals surface area (Å²) in [4.78, 5) is 62.5. The Hall–Kier alpha value is -5.72. The Morgan fingerprint density at radius 2 is 1.43 bits per heavy atom. The molecule has 0 atom stereocenters. The topological polar surface area (TPSA) is 115 Å². The van der Waals surface area contributed by atoms with Crippen molar-refractivity contribution < 1.29 is 32.3 Å². The quantitative estimate of drug-likeness (QED) is 0.211. The standard InChI is InChI=1S/C40H41F3N6O4/c1-27(50)47-18-7-19-49(21-20-47)39(53)31-10-6-9-29(23-31)38(52)46-35-13-12-33(48-16-3-2-4-17-48)25-34(35)36-24-30(14-15-44-36)37(51)45-26-28-8-5-11-32(22-28)40(41,42)43/h5-6,8-15,22-25H,2-4,7,16-21,26H2,1H3,(H,45,51)(H,46,52). The van der Waals surface area contributed by atoms with E-state index in [-0.39, 0.29) is 29.5 Å². The molecule has 2 saturated heterocycles. The Labute approximate surface area is 306 Å². The molecule has 276 valence electrons. The highest BCUT2D eigenvalue weighted by Crippen LogP contribution is 2.34. The molecule has 0 aliphatic carbocycles. The number of amides is 4. The molecule has 1 aromatic heterocycles. The van der Waals surface area contributed by atoms with E-state index in [1.807, 2.05) is 12.1 Å².